The summed E-state index contributed by atoms with van der Waals surface area (Å²) in [5.74, 6) is -0.630. The van der Waals surface area contributed by atoms with Crippen LogP contribution in [-0.2, 0) is 4.74 Å². The summed E-state index contributed by atoms with van der Waals surface area (Å²) in [4.78, 5) is 26.0. The van der Waals surface area contributed by atoms with Crippen molar-refractivity contribution in [2.45, 2.75) is 6.92 Å². The number of pyridine rings is 1. The van der Waals surface area contributed by atoms with Crippen LogP contribution in [0.5, 0.6) is 0 Å². The lowest BCUT2D eigenvalue weighted by atomic mass is 10.1. The molecule has 1 N–H and O–H groups in total. The zero-order valence-corrected chi connectivity index (χ0v) is 11.0. The van der Waals surface area contributed by atoms with Crippen LogP contribution >= 0.6 is 11.6 Å². The Morgan fingerprint density at radius 2 is 2.00 bits per heavy atom. The maximum Gasteiger partial charge on any atom is 0.343 e. The summed E-state index contributed by atoms with van der Waals surface area (Å²) in [7, 11) is 0. The number of ether oxygens (including phenoxy) is 1. The molecule has 0 spiro atoms. The third-order valence-corrected chi connectivity index (χ3v) is 2.90. The number of rotatable bonds is 3. The zero-order chi connectivity index (χ0) is 13.8. The average Bonchev–Trinajstić information content (AvgIpc) is 2.39. The molecule has 2 rings (SSSR count). The molecule has 0 saturated heterocycles. The van der Waals surface area contributed by atoms with E-state index in [0.717, 1.165) is 0 Å². The molecule has 98 valence electrons. The van der Waals surface area contributed by atoms with Gasteiger partial charge in [0.25, 0.3) is 5.56 Å². The van der Waals surface area contributed by atoms with Gasteiger partial charge < -0.3 is 9.72 Å². The summed E-state index contributed by atoms with van der Waals surface area (Å²) in [5.41, 5.74) is 0.758. The van der Waals surface area contributed by atoms with Gasteiger partial charge in [0, 0.05) is 16.3 Å². The molecule has 1 aromatic carbocycles. The number of carbonyl (C=O) groups excluding carboxylic acids is 1. The Bertz CT molecular complexity index is 664. The molecule has 0 fully saturated rings. The lowest BCUT2D eigenvalue weighted by Gasteiger charge is -2.05. The van der Waals surface area contributed by atoms with E-state index in [1.165, 1.54) is 6.07 Å². The fraction of sp³-hybridized carbons (Fsp3) is 0.143. The van der Waals surface area contributed by atoms with Crippen LogP contribution in [0.1, 0.15) is 17.3 Å². The van der Waals surface area contributed by atoms with Gasteiger partial charge in [0.2, 0.25) is 0 Å². The van der Waals surface area contributed by atoms with Gasteiger partial charge in [-0.25, -0.2) is 4.79 Å². The maximum atomic E-state index is 11.8. The molecule has 1 heterocycles. The molecule has 4 nitrogen and oxygen atoms in total. The van der Waals surface area contributed by atoms with E-state index >= 15 is 0 Å². The zero-order valence-electron chi connectivity index (χ0n) is 10.3. The number of aromatic amines is 1. The standard InChI is InChI=1S/C14H12ClNO3/c1-2-19-14(18)10-7-8-12(16-13(10)17)9-5-3-4-6-11(9)15/h3-8H,2H2,1H3,(H,16,17). The van der Waals surface area contributed by atoms with Crippen molar-refractivity contribution in [3.8, 4) is 11.3 Å². The summed E-state index contributed by atoms with van der Waals surface area (Å²) >= 11 is 6.05. The van der Waals surface area contributed by atoms with Crippen LogP contribution in [0.25, 0.3) is 11.3 Å². The van der Waals surface area contributed by atoms with Crippen LogP contribution in [0.2, 0.25) is 5.02 Å². The van der Waals surface area contributed by atoms with Crippen LogP contribution in [0.4, 0.5) is 0 Å². The number of nitrogens with one attached hydrogen (secondary N) is 1. The highest BCUT2D eigenvalue weighted by Crippen LogP contribution is 2.24. The second kappa shape index (κ2) is 5.71. The summed E-state index contributed by atoms with van der Waals surface area (Å²) in [6.07, 6.45) is 0. The highest BCUT2D eigenvalue weighted by atomic mass is 35.5. The van der Waals surface area contributed by atoms with Gasteiger partial charge in [-0.3, -0.25) is 4.79 Å². The molecule has 0 aliphatic carbocycles. The summed E-state index contributed by atoms with van der Waals surface area (Å²) < 4.78 is 4.79. The van der Waals surface area contributed by atoms with E-state index < -0.39 is 11.5 Å². The first-order valence-electron chi connectivity index (χ1n) is 5.79. The van der Waals surface area contributed by atoms with Crippen molar-refractivity contribution in [1.82, 2.24) is 4.98 Å². The first-order valence-corrected chi connectivity index (χ1v) is 6.16. The second-order valence-corrected chi connectivity index (χ2v) is 4.22. The Kier molecular flexibility index (Phi) is 4.02. The van der Waals surface area contributed by atoms with Crippen LogP contribution < -0.4 is 5.56 Å². The molecule has 2 aromatic rings. The average molecular weight is 278 g/mol. The minimum Gasteiger partial charge on any atom is -0.462 e. The molecule has 0 atom stereocenters. The molecule has 0 aliphatic rings. The van der Waals surface area contributed by atoms with Gasteiger partial charge in [-0.15, -0.1) is 0 Å². The van der Waals surface area contributed by atoms with Crippen LogP contribution in [-0.4, -0.2) is 17.6 Å². The van der Waals surface area contributed by atoms with Gasteiger partial charge >= 0.3 is 5.97 Å². The monoisotopic (exact) mass is 277 g/mol. The molecular formula is C14H12ClNO3. The third-order valence-electron chi connectivity index (χ3n) is 2.57. The smallest absolute Gasteiger partial charge is 0.343 e. The Hall–Kier alpha value is -2.07. The predicted molar refractivity (Wildman–Crippen MR) is 73.5 cm³/mol. The Morgan fingerprint density at radius 3 is 2.63 bits per heavy atom. The highest BCUT2D eigenvalue weighted by molar-refractivity contribution is 6.33. The molecule has 0 radical (unpaired) electrons. The molecule has 0 bridgehead atoms. The number of benzene rings is 1. The molecule has 1 aromatic heterocycles. The van der Waals surface area contributed by atoms with E-state index in [-0.39, 0.29) is 12.2 Å². The number of hydrogen-bond donors (Lipinski definition) is 1. The minimum atomic E-state index is -0.630. The molecule has 0 amide bonds. The van der Waals surface area contributed by atoms with Crippen molar-refractivity contribution < 1.29 is 9.53 Å². The minimum absolute atomic E-state index is 0.0161. The highest BCUT2D eigenvalue weighted by Gasteiger charge is 2.12. The van der Waals surface area contributed by atoms with Crippen molar-refractivity contribution >= 4 is 17.6 Å². The number of hydrogen-bond acceptors (Lipinski definition) is 3. The summed E-state index contributed by atoms with van der Waals surface area (Å²) in [6.45, 7) is 1.91. The molecular weight excluding hydrogens is 266 g/mol. The van der Waals surface area contributed by atoms with Gasteiger partial charge in [0.05, 0.1) is 6.61 Å². The van der Waals surface area contributed by atoms with Crippen molar-refractivity contribution in [1.29, 1.82) is 0 Å². The van der Waals surface area contributed by atoms with Gasteiger partial charge in [0.15, 0.2) is 0 Å². The molecule has 19 heavy (non-hydrogen) atoms. The van der Waals surface area contributed by atoms with Gasteiger partial charge in [-0.1, -0.05) is 29.8 Å². The van der Waals surface area contributed by atoms with E-state index in [0.29, 0.717) is 16.3 Å². The number of halogens is 1. The maximum absolute atomic E-state index is 11.8. The fourth-order valence-electron chi connectivity index (χ4n) is 1.68. The second-order valence-electron chi connectivity index (χ2n) is 3.82. The first kappa shape index (κ1) is 13.4. The van der Waals surface area contributed by atoms with E-state index in [1.54, 1.807) is 31.2 Å². The molecule has 0 aliphatic heterocycles. The summed E-state index contributed by atoms with van der Waals surface area (Å²) in [6, 6.07) is 10.2. The third kappa shape index (κ3) is 2.85. The summed E-state index contributed by atoms with van der Waals surface area (Å²) in [5, 5.41) is 0.530. The first-order chi connectivity index (χ1) is 9.13. The van der Waals surface area contributed by atoms with Gasteiger partial charge in [-0.2, -0.15) is 0 Å². The lowest BCUT2D eigenvalue weighted by Crippen LogP contribution is -2.19. The van der Waals surface area contributed by atoms with E-state index in [9.17, 15) is 9.59 Å². The molecule has 5 heteroatoms. The Labute approximate surface area is 115 Å². The molecule has 0 unspecified atom stereocenters. The van der Waals surface area contributed by atoms with Gasteiger partial charge in [0.1, 0.15) is 5.56 Å². The fourth-order valence-corrected chi connectivity index (χ4v) is 1.92. The predicted octanol–water partition coefficient (Wildman–Crippen LogP) is 2.87. The van der Waals surface area contributed by atoms with Crippen LogP contribution in [0, 0.1) is 0 Å². The largest absolute Gasteiger partial charge is 0.462 e. The number of H-pyrrole nitrogens is 1. The van der Waals surface area contributed by atoms with Crippen molar-refractivity contribution in [2.24, 2.45) is 0 Å². The van der Waals surface area contributed by atoms with E-state index in [4.69, 9.17) is 16.3 Å². The van der Waals surface area contributed by atoms with E-state index in [1.807, 2.05) is 6.07 Å². The van der Waals surface area contributed by atoms with Crippen LogP contribution in [0.3, 0.4) is 0 Å². The lowest BCUT2D eigenvalue weighted by molar-refractivity contribution is 0.0524. The van der Waals surface area contributed by atoms with E-state index in [2.05, 4.69) is 4.98 Å². The number of carbonyl (C=O) groups is 1. The van der Waals surface area contributed by atoms with Gasteiger partial charge in [-0.05, 0) is 25.1 Å². The topological polar surface area (TPSA) is 59.2 Å². The van der Waals surface area contributed by atoms with Crippen molar-refractivity contribution in [3.63, 3.8) is 0 Å². The number of aromatic nitrogens is 1. The van der Waals surface area contributed by atoms with Crippen molar-refractivity contribution in [2.75, 3.05) is 6.61 Å². The van der Waals surface area contributed by atoms with Crippen LogP contribution in [0.15, 0.2) is 41.2 Å². The molecule has 0 saturated carbocycles. The quantitative estimate of drug-likeness (QED) is 0.878. The normalized spacial score (nSPS) is 10.2. The SMILES string of the molecule is CCOC(=O)c1ccc(-c2ccccc2Cl)[nH]c1=O. The Morgan fingerprint density at radius 1 is 1.26 bits per heavy atom. The number of esters is 1. The Balaban J connectivity index is 2.43. The van der Waals surface area contributed by atoms with Crippen molar-refractivity contribution in [3.05, 3.63) is 57.3 Å².